The molecule has 2 rings (SSSR count). The van der Waals surface area contributed by atoms with Crippen molar-refractivity contribution in [3.05, 3.63) is 11.2 Å². The fraction of sp³-hybridized carbons (Fsp3) is 0.444. The molecule has 1 aliphatic rings. The van der Waals surface area contributed by atoms with Crippen molar-refractivity contribution in [2.45, 2.75) is 12.5 Å². The van der Waals surface area contributed by atoms with Gasteiger partial charge in [-0.3, -0.25) is 0 Å². The predicted octanol–water partition coefficient (Wildman–Crippen LogP) is 0.876. The van der Waals surface area contributed by atoms with Gasteiger partial charge in [-0.05, 0) is 6.42 Å². The molecule has 8 heteroatoms. The number of amides is 1. The number of hydrogen-bond donors (Lipinski definition) is 3. The molecule has 2 heterocycles. The molecule has 1 atom stereocenters. The van der Waals surface area contributed by atoms with Crippen LogP contribution in [0.1, 0.15) is 6.42 Å². The van der Waals surface area contributed by atoms with E-state index in [-0.39, 0.29) is 11.9 Å². The van der Waals surface area contributed by atoms with Crippen LogP contribution in [0, 0.1) is 0 Å². The van der Waals surface area contributed by atoms with Crippen molar-refractivity contribution in [3.8, 4) is 0 Å². The molecule has 0 saturated carbocycles. The third kappa shape index (κ3) is 2.68. The van der Waals surface area contributed by atoms with Gasteiger partial charge in [0.1, 0.15) is 10.8 Å². The number of nitrogen functional groups attached to an aromatic ring is 1. The molecule has 0 bridgehead atoms. The first-order valence-electron chi connectivity index (χ1n) is 5.08. The normalized spacial score (nSPS) is 19.4. The number of halogens is 1. The highest BCUT2D eigenvalue weighted by Crippen LogP contribution is 2.18. The Hall–Kier alpha value is -1.76. The Bertz CT molecular complexity index is 441. The standard InChI is InChI=1S/C9H12ClN5O2/c10-6-3-12-8(14-7(6)11)13-5-1-2-15(4-5)9(16)17/h3,5H,1-2,4H2,(H,16,17)(H3,11,12,13,14)/t5-/m1/s1. The quantitative estimate of drug-likeness (QED) is 0.726. The molecule has 1 aromatic heterocycles. The molecule has 92 valence electrons. The van der Waals surface area contributed by atoms with Gasteiger partial charge in [0.15, 0.2) is 0 Å². The maximum atomic E-state index is 10.7. The van der Waals surface area contributed by atoms with E-state index < -0.39 is 6.09 Å². The van der Waals surface area contributed by atoms with Crippen molar-refractivity contribution in [1.29, 1.82) is 0 Å². The van der Waals surface area contributed by atoms with Crippen LogP contribution in [0.15, 0.2) is 6.20 Å². The van der Waals surface area contributed by atoms with E-state index in [1.165, 1.54) is 11.1 Å². The van der Waals surface area contributed by atoms with Crippen LogP contribution in [0.25, 0.3) is 0 Å². The average Bonchev–Trinajstić information content (AvgIpc) is 2.72. The van der Waals surface area contributed by atoms with Crippen molar-refractivity contribution in [1.82, 2.24) is 14.9 Å². The summed E-state index contributed by atoms with van der Waals surface area (Å²) in [4.78, 5) is 20.0. The van der Waals surface area contributed by atoms with Gasteiger partial charge in [0.2, 0.25) is 5.95 Å². The fourth-order valence-electron chi connectivity index (χ4n) is 1.68. The van der Waals surface area contributed by atoms with Gasteiger partial charge in [0, 0.05) is 19.1 Å². The summed E-state index contributed by atoms with van der Waals surface area (Å²) in [5, 5.41) is 12.1. The topological polar surface area (TPSA) is 104 Å². The molecule has 0 spiro atoms. The Labute approximate surface area is 103 Å². The zero-order valence-corrected chi connectivity index (χ0v) is 9.68. The summed E-state index contributed by atoms with van der Waals surface area (Å²) in [6.45, 7) is 0.928. The molecule has 17 heavy (non-hydrogen) atoms. The van der Waals surface area contributed by atoms with E-state index in [2.05, 4.69) is 15.3 Å². The molecule has 0 unspecified atom stereocenters. The second kappa shape index (κ2) is 4.62. The first-order valence-corrected chi connectivity index (χ1v) is 5.46. The van der Waals surface area contributed by atoms with Crippen LogP contribution in [-0.4, -0.2) is 45.2 Å². The maximum Gasteiger partial charge on any atom is 0.407 e. The monoisotopic (exact) mass is 257 g/mol. The molecule has 7 nitrogen and oxygen atoms in total. The molecule has 4 N–H and O–H groups in total. The van der Waals surface area contributed by atoms with Crippen LogP contribution >= 0.6 is 11.6 Å². The van der Waals surface area contributed by atoms with Crippen LogP contribution in [0.5, 0.6) is 0 Å². The van der Waals surface area contributed by atoms with E-state index in [0.29, 0.717) is 24.1 Å². The fourth-order valence-corrected chi connectivity index (χ4v) is 1.78. The van der Waals surface area contributed by atoms with E-state index in [9.17, 15) is 4.79 Å². The zero-order chi connectivity index (χ0) is 12.4. The Kier molecular flexibility index (Phi) is 3.19. The molecule has 1 aliphatic heterocycles. The van der Waals surface area contributed by atoms with E-state index in [1.807, 2.05) is 0 Å². The lowest BCUT2D eigenvalue weighted by Crippen LogP contribution is -2.30. The number of carbonyl (C=O) groups is 1. The number of hydrogen-bond acceptors (Lipinski definition) is 5. The Morgan fingerprint density at radius 1 is 1.71 bits per heavy atom. The summed E-state index contributed by atoms with van der Waals surface area (Å²) >= 11 is 5.70. The number of aromatic nitrogens is 2. The molecule has 0 radical (unpaired) electrons. The largest absolute Gasteiger partial charge is 0.465 e. The van der Waals surface area contributed by atoms with Gasteiger partial charge in [0.25, 0.3) is 0 Å². The summed E-state index contributed by atoms with van der Waals surface area (Å²) in [6, 6.07) is 0.00618. The van der Waals surface area contributed by atoms with Crippen LogP contribution in [0.2, 0.25) is 5.02 Å². The van der Waals surface area contributed by atoms with E-state index >= 15 is 0 Å². The Morgan fingerprint density at radius 3 is 3.06 bits per heavy atom. The van der Waals surface area contributed by atoms with Crippen molar-refractivity contribution in [2.75, 3.05) is 24.1 Å². The maximum absolute atomic E-state index is 10.7. The zero-order valence-electron chi connectivity index (χ0n) is 8.93. The molecular weight excluding hydrogens is 246 g/mol. The van der Waals surface area contributed by atoms with Gasteiger partial charge in [-0.2, -0.15) is 4.98 Å². The summed E-state index contributed by atoms with van der Waals surface area (Å²) in [5.41, 5.74) is 5.54. The Balaban J connectivity index is 1.98. The number of rotatable bonds is 2. The number of nitrogens with zero attached hydrogens (tertiary/aromatic N) is 3. The van der Waals surface area contributed by atoms with Gasteiger partial charge < -0.3 is 21.1 Å². The number of carboxylic acid groups (broad SMARTS) is 1. The summed E-state index contributed by atoms with van der Waals surface area (Å²) in [5.74, 6) is 0.571. The third-order valence-corrected chi connectivity index (χ3v) is 2.85. The average molecular weight is 258 g/mol. The van der Waals surface area contributed by atoms with Crippen LogP contribution in [0.4, 0.5) is 16.6 Å². The lowest BCUT2D eigenvalue weighted by Gasteiger charge is -2.13. The van der Waals surface area contributed by atoms with Crippen LogP contribution in [-0.2, 0) is 0 Å². The minimum absolute atomic E-state index is 0.00618. The van der Waals surface area contributed by atoms with Gasteiger partial charge in [-0.15, -0.1) is 0 Å². The molecule has 1 aromatic rings. The van der Waals surface area contributed by atoms with Crippen molar-refractivity contribution in [3.63, 3.8) is 0 Å². The molecule has 0 aliphatic carbocycles. The molecular formula is C9H12ClN5O2. The smallest absolute Gasteiger partial charge is 0.407 e. The molecule has 1 fully saturated rings. The van der Waals surface area contributed by atoms with Crippen molar-refractivity contribution < 1.29 is 9.90 Å². The molecule has 0 aromatic carbocycles. The van der Waals surface area contributed by atoms with E-state index in [4.69, 9.17) is 22.4 Å². The lowest BCUT2D eigenvalue weighted by molar-refractivity contribution is 0.155. The van der Waals surface area contributed by atoms with E-state index in [1.54, 1.807) is 0 Å². The summed E-state index contributed by atoms with van der Waals surface area (Å²) in [7, 11) is 0. The Morgan fingerprint density at radius 2 is 2.47 bits per heavy atom. The van der Waals surface area contributed by atoms with Gasteiger partial charge in [-0.25, -0.2) is 9.78 Å². The highest BCUT2D eigenvalue weighted by Gasteiger charge is 2.26. The number of nitrogens with two attached hydrogens (primary N) is 1. The van der Waals surface area contributed by atoms with Crippen LogP contribution < -0.4 is 11.1 Å². The number of likely N-dealkylation sites (tertiary alicyclic amines) is 1. The summed E-state index contributed by atoms with van der Waals surface area (Å²) < 4.78 is 0. The highest BCUT2D eigenvalue weighted by atomic mass is 35.5. The number of anilines is 2. The third-order valence-electron chi connectivity index (χ3n) is 2.56. The van der Waals surface area contributed by atoms with E-state index in [0.717, 1.165) is 6.42 Å². The van der Waals surface area contributed by atoms with Gasteiger partial charge >= 0.3 is 6.09 Å². The van der Waals surface area contributed by atoms with Crippen molar-refractivity contribution >= 4 is 29.5 Å². The minimum Gasteiger partial charge on any atom is -0.465 e. The first kappa shape index (κ1) is 11.7. The van der Waals surface area contributed by atoms with Gasteiger partial charge in [-0.1, -0.05) is 11.6 Å². The SMILES string of the molecule is Nc1nc(N[C@@H]2CCN(C(=O)O)C2)ncc1Cl. The first-order chi connectivity index (χ1) is 8.06. The van der Waals surface area contributed by atoms with Crippen LogP contribution in [0.3, 0.4) is 0 Å². The highest BCUT2D eigenvalue weighted by molar-refractivity contribution is 6.32. The number of nitrogens with one attached hydrogen (secondary N) is 1. The summed E-state index contributed by atoms with van der Waals surface area (Å²) in [6.07, 6.45) is 1.22. The second-order valence-electron chi connectivity index (χ2n) is 3.79. The molecule has 1 amide bonds. The van der Waals surface area contributed by atoms with Gasteiger partial charge in [0.05, 0.1) is 6.20 Å². The lowest BCUT2D eigenvalue weighted by atomic mass is 10.3. The second-order valence-corrected chi connectivity index (χ2v) is 4.19. The predicted molar refractivity (Wildman–Crippen MR) is 63.1 cm³/mol. The molecule has 1 saturated heterocycles. The van der Waals surface area contributed by atoms with Crippen molar-refractivity contribution in [2.24, 2.45) is 0 Å². The minimum atomic E-state index is -0.911.